The van der Waals surface area contributed by atoms with Crippen LogP contribution in [0.25, 0.3) is 0 Å². The Morgan fingerprint density at radius 1 is 0.788 bits per heavy atom. The van der Waals surface area contributed by atoms with Gasteiger partial charge in [0.2, 0.25) is 0 Å². The van der Waals surface area contributed by atoms with Gasteiger partial charge in [-0.1, -0.05) is 0 Å². The van der Waals surface area contributed by atoms with E-state index in [9.17, 15) is 29.8 Å². The summed E-state index contributed by atoms with van der Waals surface area (Å²) in [5, 5.41) is 26.8. The van der Waals surface area contributed by atoms with Crippen molar-refractivity contribution in [2.45, 2.75) is 6.92 Å². The van der Waals surface area contributed by atoms with Crippen molar-refractivity contribution in [3.8, 4) is 5.75 Å². The van der Waals surface area contributed by atoms with Gasteiger partial charge in [0.25, 0.3) is 23.2 Å². The molecule has 11 nitrogen and oxygen atoms in total. The summed E-state index contributed by atoms with van der Waals surface area (Å²) in [6.07, 6.45) is 0. The molecule has 0 aromatic heterocycles. The van der Waals surface area contributed by atoms with Crippen LogP contribution in [-0.4, -0.2) is 28.3 Å². The second kappa shape index (κ2) is 10.0. The third-order valence-electron chi connectivity index (χ3n) is 4.46. The van der Waals surface area contributed by atoms with Gasteiger partial charge in [-0.3, -0.25) is 29.8 Å². The van der Waals surface area contributed by atoms with Gasteiger partial charge in [-0.05, 0) is 49.4 Å². The maximum absolute atomic E-state index is 12.8. The molecular formula is C22H18N4O7. The van der Waals surface area contributed by atoms with E-state index in [1.165, 1.54) is 66.7 Å². The van der Waals surface area contributed by atoms with Crippen molar-refractivity contribution >= 4 is 34.6 Å². The monoisotopic (exact) mass is 450 g/mol. The zero-order valence-electron chi connectivity index (χ0n) is 17.3. The van der Waals surface area contributed by atoms with Crippen molar-refractivity contribution in [2.24, 2.45) is 0 Å². The maximum atomic E-state index is 12.8. The summed E-state index contributed by atoms with van der Waals surface area (Å²) in [6, 6.07) is 14.9. The van der Waals surface area contributed by atoms with Crippen LogP contribution < -0.4 is 15.4 Å². The first kappa shape index (κ1) is 22.9. The Labute approximate surface area is 187 Å². The number of carbonyl (C=O) groups excluding carboxylic acids is 2. The van der Waals surface area contributed by atoms with Crippen molar-refractivity contribution in [1.29, 1.82) is 0 Å². The fraction of sp³-hybridized carbons (Fsp3) is 0.0909. The minimum atomic E-state index is -0.572. The highest BCUT2D eigenvalue weighted by Gasteiger charge is 2.18. The predicted octanol–water partition coefficient (Wildman–Crippen LogP) is 4.41. The fourth-order valence-corrected chi connectivity index (χ4v) is 2.86. The van der Waals surface area contributed by atoms with E-state index >= 15 is 0 Å². The number of nitrogens with one attached hydrogen (secondary N) is 2. The highest BCUT2D eigenvalue weighted by molar-refractivity contribution is 6.10. The van der Waals surface area contributed by atoms with Crippen LogP contribution in [-0.2, 0) is 0 Å². The van der Waals surface area contributed by atoms with Crippen molar-refractivity contribution in [1.82, 2.24) is 0 Å². The van der Waals surface area contributed by atoms with Crippen LogP contribution in [0.2, 0.25) is 0 Å². The van der Waals surface area contributed by atoms with E-state index in [1.807, 2.05) is 0 Å². The quantitative estimate of drug-likeness (QED) is 0.381. The lowest BCUT2D eigenvalue weighted by Crippen LogP contribution is -2.17. The molecule has 3 rings (SSSR count). The van der Waals surface area contributed by atoms with Crippen LogP contribution >= 0.6 is 0 Å². The van der Waals surface area contributed by atoms with Crippen molar-refractivity contribution in [2.75, 3.05) is 17.2 Å². The summed E-state index contributed by atoms with van der Waals surface area (Å²) in [4.78, 5) is 45.9. The number of nitro groups is 2. The van der Waals surface area contributed by atoms with Crippen molar-refractivity contribution < 1.29 is 24.2 Å². The van der Waals surface area contributed by atoms with Crippen LogP contribution in [0.15, 0.2) is 66.7 Å². The Morgan fingerprint density at radius 3 is 1.73 bits per heavy atom. The Balaban J connectivity index is 1.81. The van der Waals surface area contributed by atoms with Gasteiger partial charge in [0.05, 0.1) is 22.0 Å². The molecule has 0 atom stereocenters. The number of rotatable bonds is 8. The summed E-state index contributed by atoms with van der Waals surface area (Å²) < 4.78 is 5.49. The molecule has 0 aliphatic rings. The molecule has 33 heavy (non-hydrogen) atoms. The standard InChI is InChI=1S/C22H18N4O7/c1-2-33-20-12-3-14(21(27)23-15-4-8-17(9-5-15)25(29)30)13-19(20)22(28)24-16-6-10-18(11-7-16)26(31)32/h3-13H,2H2,1H3,(H,23,27)(H,24,28). The first-order valence-electron chi connectivity index (χ1n) is 9.67. The second-order valence-electron chi connectivity index (χ2n) is 6.66. The number of hydrogen-bond donors (Lipinski definition) is 2. The summed E-state index contributed by atoms with van der Waals surface area (Å²) in [5.74, 6) is -0.850. The average Bonchev–Trinajstić information content (AvgIpc) is 2.80. The van der Waals surface area contributed by atoms with E-state index in [4.69, 9.17) is 4.74 Å². The van der Waals surface area contributed by atoms with Crippen LogP contribution in [0.4, 0.5) is 22.7 Å². The predicted molar refractivity (Wildman–Crippen MR) is 120 cm³/mol. The molecule has 3 aromatic carbocycles. The number of hydrogen-bond acceptors (Lipinski definition) is 7. The number of nitro benzene ring substituents is 2. The van der Waals surface area contributed by atoms with Crippen molar-refractivity contribution in [3.63, 3.8) is 0 Å². The van der Waals surface area contributed by atoms with E-state index in [0.29, 0.717) is 11.4 Å². The molecule has 2 amide bonds. The molecule has 3 aromatic rings. The van der Waals surface area contributed by atoms with Crippen molar-refractivity contribution in [3.05, 3.63) is 98.1 Å². The fourth-order valence-electron chi connectivity index (χ4n) is 2.86. The minimum Gasteiger partial charge on any atom is -0.493 e. The van der Waals surface area contributed by atoms with Gasteiger partial charge in [-0.2, -0.15) is 0 Å². The summed E-state index contributed by atoms with van der Waals surface area (Å²) in [7, 11) is 0. The number of benzene rings is 3. The summed E-state index contributed by atoms with van der Waals surface area (Å²) in [6.45, 7) is 2.03. The molecule has 0 spiro atoms. The molecule has 2 N–H and O–H groups in total. The number of amides is 2. The summed E-state index contributed by atoms with van der Waals surface area (Å²) in [5.41, 5.74) is 0.689. The third kappa shape index (κ3) is 5.67. The number of nitrogens with zero attached hydrogens (tertiary/aromatic N) is 2. The molecule has 0 bridgehead atoms. The Kier molecular flexibility index (Phi) is 6.94. The molecule has 0 unspecified atom stereocenters. The number of ether oxygens (including phenoxy) is 1. The summed E-state index contributed by atoms with van der Waals surface area (Å²) >= 11 is 0. The molecule has 0 fully saturated rings. The topological polar surface area (TPSA) is 154 Å². The lowest BCUT2D eigenvalue weighted by atomic mass is 10.1. The van der Waals surface area contributed by atoms with Gasteiger partial charge in [0.1, 0.15) is 5.75 Å². The lowest BCUT2D eigenvalue weighted by Gasteiger charge is -2.13. The number of anilines is 2. The molecule has 0 aliphatic carbocycles. The highest BCUT2D eigenvalue weighted by atomic mass is 16.6. The van der Waals surface area contributed by atoms with E-state index in [1.54, 1.807) is 6.92 Å². The molecule has 0 heterocycles. The molecule has 0 aliphatic heterocycles. The first-order valence-corrected chi connectivity index (χ1v) is 9.67. The average molecular weight is 450 g/mol. The maximum Gasteiger partial charge on any atom is 0.269 e. The molecule has 0 saturated heterocycles. The minimum absolute atomic E-state index is 0.0894. The highest BCUT2D eigenvalue weighted by Crippen LogP contribution is 2.24. The molecule has 0 saturated carbocycles. The van der Waals surface area contributed by atoms with Crippen LogP contribution in [0.1, 0.15) is 27.6 Å². The van der Waals surface area contributed by atoms with E-state index < -0.39 is 21.7 Å². The molecule has 168 valence electrons. The van der Waals surface area contributed by atoms with Gasteiger partial charge in [-0.25, -0.2) is 0 Å². The van der Waals surface area contributed by atoms with Gasteiger partial charge in [0.15, 0.2) is 0 Å². The zero-order chi connectivity index (χ0) is 24.0. The first-order chi connectivity index (χ1) is 15.8. The second-order valence-corrected chi connectivity index (χ2v) is 6.66. The van der Waals surface area contributed by atoms with Gasteiger partial charge in [-0.15, -0.1) is 0 Å². The molecule has 11 heteroatoms. The smallest absolute Gasteiger partial charge is 0.269 e. The van der Waals surface area contributed by atoms with E-state index in [0.717, 1.165) is 0 Å². The van der Waals surface area contributed by atoms with Gasteiger partial charge in [0, 0.05) is 41.2 Å². The van der Waals surface area contributed by atoms with Crippen LogP contribution in [0.3, 0.4) is 0 Å². The Bertz CT molecular complexity index is 1210. The number of non-ortho nitro benzene ring substituents is 2. The van der Waals surface area contributed by atoms with E-state index in [-0.39, 0.29) is 34.9 Å². The molecular weight excluding hydrogens is 432 g/mol. The normalized spacial score (nSPS) is 10.2. The Hall–Kier alpha value is -4.80. The van der Waals surface area contributed by atoms with Crippen LogP contribution in [0, 0.1) is 20.2 Å². The number of carbonyl (C=O) groups is 2. The third-order valence-corrected chi connectivity index (χ3v) is 4.46. The van der Waals surface area contributed by atoms with E-state index in [2.05, 4.69) is 10.6 Å². The zero-order valence-corrected chi connectivity index (χ0v) is 17.3. The largest absolute Gasteiger partial charge is 0.493 e. The Morgan fingerprint density at radius 2 is 1.27 bits per heavy atom. The van der Waals surface area contributed by atoms with Gasteiger partial charge >= 0.3 is 0 Å². The molecule has 0 radical (unpaired) electrons. The van der Waals surface area contributed by atoms with Gasteiger partial charge < -0.3 is 15.4 Å². The lowest BCUT2D eigenvalue weighted by molar-refractivity contribution is -0.385. The SMILES string of the molecule is CCOc1ccc(C(=O)Nc2ccc([N+](=O)[O-])cc2)cc1C(=O)Nc1ccc([N+](=O)[O-])cc1. The van der Waals surface area contributed by atoms with Crippen LogP contribution in [0.5, 0.6) is 5.75 Å².